The Morgan fingerprint density at radius 1 is 1.18 bits per heavy atom. The van der Waals surface area contributed by atoms with Crippen LogP contribution in [0.5, 0.6) is 0 Å². The van der Waals surface area contributed by atoms with Crippen LogP contribution >= 0.6 is 0 Å². The summed E-state index contributed by atoms with van der Waals surface area (Å²) in [6.45, 7) is 3.15. The lowest BCUT2D eigenvalue weighted by Crippen LogP contribution is -2.42. The molecule has 5 atom stereocenters. The first kappa shape index (κ1) is 25.0. The number of carboxylic acids is 1. The minimum atomic E-state index is -4.54. The molecule has 4 nitrogen and oxygen atoms in total. The number of carbonyl (C=O) groups excluding carboxylic acids is 1. The first-order chi connectivity index (χ1) is 15.9. The number of amides is 1. The largest absolute Gasteiger partial charge is 0.481 e. The van der Waals surface area contributed by atoms with Crippen LogP contribution < -0.4 is 5.32 Å². The summed E-state index contributed by atoms with van der Waals surface area (Å²) in [5, 5.41) is 11.9. The smallest absolute Gasteiger partial charge is 0.392 e. The Labute approximate surface area is 197 Å². The molecule has 1 aromatic carbocycles. The second kappa shape index (κ2) is 8.83. The maximum absolute atomic E-state index is 14.6. The van der Waals surface area contributed by atoms with Crippen molar-refractivity contribution in [2.45, 2.75) is 77.8 Å². The molecule has 3 saturated carbocycles. The highest BCUT2D eigenvalue weighted by molar-refractivity contribution is 5.94. The van der Waals surface area contributed by atoms with Crippen LogP contribution in [-0.4, -0.2) is 23.2 Å². The van der Waals surface area contributed by atoms with E-state index in [2.05, 4.69) is 12.2 Å². The fraction of sp³-hybridized carbons (Fsp3) is 0.692. The third-order valence-corrected chi connectivity index (χ3v) is 8.85. The summed E-state index contributed by atoms with van der Waals surface area (Å²) in [5.74, 6) is -5.03. The highest BCUT2D eigenvalue weighted by Gasteiger charge is 2.65. The fourth-order valence-electron chi connectivity index (χ4n) is 6.27. The van der Waals surface area contributed by atoms with Crippen LogP contribution in [0.15, 0.2) is 18.2 Å². The van der Waals surface area contributed by atoms with Gasteiger partial charge in [-0.25, -0.2) is 4.39 Å². The number of hydrogen-bond acceptors (Lipinski definition) is 2. The van der Waals surface area contributed by atoms with Crippen LogP contribution in [0.3, 0.4) is 0 Å². The minimum absolute atomic E-state index is 0.0890. The van der Waals surface area contributed by atoms with Crippen molar-refractivity contribution in [3.05, 3.63) is 29.6 Å². The molecule has 0 heterocycles. The molecule has 1 aromatic rings. The Morgan fingerprint density at radius 2 is 1.88 bits per heavy atom. The van der Waals surface area contributed by atoms with Gasteiger partial charge in [0.15, 0.2) is 0 Å². The molecule has 0 spiro atoms. The summed E-state index contributed by atoms with van der Waals surface area (Å²) in [7, 11) is 0. The first-order valence-corrected chi connectivity index (χ1v) is 12.3. The summed E-state index contributed by atoms with van der Waals surface area (Å²) in [6.07, 6.45) is 1.47. The van der Waals surface area contributed by atoms with Gasteiger partial charge in [-0.05, 0) is 79.9 Å². The van der Waals surface area contributed by atoms with Crippen molar-refractivity contribution in [3.8, 4) is 0 Å². The number of anilines is 1. The topological polar surface area (TPSA) is 66.4 Å². The fourth-order valence-corrected chi connectivity index (χ4v) is 6.27. The molecule has 1 amide bonds. The summed E-state index contributed by atoms with van der Waals surface area (Å²) < 4.78 is 56.3. The number of fused-ring (bicyclic) bond motifs is 1. The maximum atomic E-state index is 14.6. The SMILES string of the molecule is CCC1CC[C@H]2CC2([C@H](C(=O)Nc2cc(CC3(C(=O)O)CC3)ccc2F)[C@H](C)C(F)(F)F)CC1. The lowest BCUT2D eigenvalue weighted by atomic mass is 9.74. The molecule has 4 rings (SSSR count). The van der Waals surface area contributed by atoms with Crippen LogP contribution in [0.1, 0.15) is 70.8 Å². The molecule has 188 valence electrons. The molecule has 2 N–H and O–H groups in total. The number of halogens is 4. The molecule has 0 aromatic heterocycles. The molecule has 3 aliphatic carbocycles. The average Bonchev–Trinajstić information content (AvgIpc) is 3.65. The van der Waals surface area contributed by atoms with Crippen molar-refractivity contribution in [2.24, 2.45) is 34.5 Å². The van der Waals surface area contributed by atoms with E-state index in [9.17, 15) is 32.3 Å². The van der Waals surface area contributed by atoms with Gasteiger partial charge >= 0.3 is 12.1 Å². The van der Waals surface area contributed by atoms with Gasteiger partial charge in [-0.2, -0.15) is 13.2 Å². The molecule has 0 radical (unpaired) electrons. The number of carbonyl (C=O) groups is 2. The number of aliphatic carboxylic acids is 1. The van der Waals surface area contributed by atoms with E-state index in [1.165, 1.54) is 12.1 Å². The third-order valence-electron chi connectivity index (χ3n) is 8.85. The second-order valence-corrected chi connectivity index (χ2v) is 10.9. The van der Waals surface area contributed by atoms with Crippen LogP contribution in [0, 0.1) is 40.3 Å². The van der Waals surface area contributed by atoms with E-state index in [0.29, 0.717) is 37.2 Å². The van der Waals surface area contributed by atoms with Crippen molar-refractivity contribution < 1.29 is 32.3 Å². The number of nitrogens with one attached hydrogen (secondary N) is 1. The predicted molar refractivity (Wildman–Crippen MR) is 120 cm³/mol. The Morgan fingerprint density at radius 3 is 2.47 bits per heavy atom. The zero-order valence-corrected chi connectivity index (χ0v) is 19.7. The third kappa shape index (κ3) is 4.69. The zero-order valence-electron chi connectivity index (χ0n) is 19.7. The highest BCUT2D eigenvalue weighted by Crippen LogP contribution is 2.67. The molecular weight excluding hydrogens is 450 g/mol. The van der Waals surface area contributed by atoms with Gasteiger partial charge in [0.1, 0.15) is 5.82 Å². The first-order valence-electron chi connectivity index (χ1n) is 12.3. The molecular formula is C26H33F4NO3. The van der Waals surface area contributed by atoms with Gasteiger partial charge in [0.05, 0.1) is 22.9 Å². The van der Waals surface area contributed by atoms with E-state index < -0.39 is 46.5 Å². The van der Waals surface area contributed by atoms with E-state index in [0.717, 1.165) is 38.7 Å². The summed E-state index contributed by atoms with van der Waals surface area (Å²) in [6, 6.07) is 3.98. The summed E-state index contributed by atoms with van der Waals surface area (Å²) >= 11 is 0. The van der Waals surface area contributed by atoms with E-state index in [4.69, 9.17) is 0 Å². The predicted octanol–water partition coefficient (Wildman–Crippen LogP) is 6.59. The van der Waals surface area contributed by atoms with Gasteiger partial charge < -0.3 is 10.4 Å². The summed E-state index contributed by atoms with van der Waals surface area (Å²) in [4.78, 5) is 24.9. The molecule has 3 aliphatic rings. The number of alkyl halides is 3. The van der Waals surface area contributed by atoms with Crippen molar-refractivity contribution in [3.63, 3.8) is 0 Å². The van der Waals surface area contributed by atoms with Crippen LogP contribution in [0.2, 0.25) is 0 Å². The number of rotatable bonds is 8. The average molecular weight is 484 g/mol. The van der Waals surface area contributed by atoms with E-state index >= 15 is 0 Å². The lowest BCUT2D eigenvalue weighted by molar-refractivity contribution is -0.192. The minimum Gasteiger partial charge on any atom is -0.481 e. The zero-order chi connectivity index (χ0) is 24.9. The monoisotopic (exact) mass is 483 g/mol. The molecule has 3 fully saturated rings. The number of carboxylic acid groups (broad SMARTS) is 1. The Balaban J connectivity index is 1.58. The van der Waals surface area contributed by atoms with Crippen molar-refractivity contribution in [2.75, 3.05) is 5.32 Å². The maximum Gasteiger partial charge on any atom is 0.392 e. The van der Waals surface area contributed by atoms with E-state index in [1.54, 1.807) is 0 Å². The second-order valence-electron chi connectivity index (χ2n) is 10.9. The molecule has 0 saturated heterocycles. The molecule has 2 unspecified atom stereocenters. The highest BCUT2D eigenvalue weighted by atomic mass is 19.4. The Hall–Kier alpha value is -2.12. The van der Waals surface area contributed by atoms with Gasteiger partial charge in [-0.15, -0.1) is 0 Å². The van der Waals surface area contributed by atoms with E-state index in [1.807, 2.05) is 0 Å². The number of hydrogen-bond donors (Lipinski definition) is 2. The van der Waals surface area contributed by atoms with E-state index in [-0.39, 0.29) is 18.0 Å². The van der Waals surface area contributed by atoms with Gasteiger partial charge in [0, 0.05) is 0 Å². The lowest BCUT2D eigenvalue weighted by Gasteiger charge is -2.33. The van der Waals surface area contributed by atoms with Gasteiger partial charge in [-0.3, -0.25) is 9.59 Å². The Bertz CT molecular complexity index is 958. The van der Waals surface area contributed by atoms with Crippen LogP contribution in [0.25, 0.3) is 0 Å². The molecule has 8 heteroatoms. The van der Waals surface area contributed by atoms with Gasteiger partial charge in [-0.1, -0.05) is 32.8 Å². The molecule has 34 heavy (non-hydrogen) atoms. The van der Waals surface area contributed by atoms with Crippen LogP contribution in [-0.2, 0) is 16.0 Å². The standard InChI is InChI=1S/C26H33F4NO3/c1-3-16-4-6-18-14-25(18,9-8-16)21(15(2)26(28,29)30)22(32)31-20-12-17(5-7-19(20)27)13-24(10-11-24)23(33)34/h5,7,12,15-16,18,21H,3-4,6,8-11,13-14H2,1-2H3,(H,31,32)(H,33,34)/t15-,16?,18-,21-,25?/m0/s1. The van der Waals surface area contributed by atoms with Crippen molar-refractivity contribution in [1.29, 1.82) is 0 Å². The molecule has 0 bridgehead atoms. The Kier molecular flexibility index (Phi) is 6.49. The number of benzene rings is 1. The van der Waals surface area contributed by atoms with Crippen LogP contribution in [0.4, 0.5) is 23.2 Å². The van der Waals surface area contributed by atoms with Crippen molar-refractivity contribution in [1.82, 2.24) is 0 Å². The quantitative estimate of drug-likeness (QED) is 0.410. The van der Waals surface area contributed by atoms with Gasteiger partial charge in [0.25, 0.3) is 0 Å². The molecule has 0 aliphatic heterocycles. The van der Waals surface area contributed by atoms with Gasteiger partial charge in [0.2, 0.25) is 5.91 Å². The van der Waals surface area contributed by atoms with Crippen molar-refractivity contribution >= 4 is 17.6 Å². The normalized spacial score (nSPS) is 29.4. The summed E-state index contributed by atoms with van der Waals surface area (Å²) in [5.41, 5.74) is -1.21.